The first-order valence-corrected chi connectivity index (χ1v) is 11.6. The standard InChI is InChI=1S/C24H21N7OS/c1-2-17(9-16-11-25-5-3-15(1)16)32-20-4-6-27-24-23(20)18(12-29-24)19-10-21(31-14-30-19)28-13-22-26-7-8-33-22/h1-2,4,6-10,12,14,25H,3,5,11,13H2,(H,27,29)(H,28,30,31). The van der Waals surface area contributed by atoms with Crippen LogP contribution in [0.2, 0.25) is 0 Å². The zero-order valence-electron chi connectivity index (χ0n) is 17.7. The smallest absolute Gasteiger partial charge is 0.141 e. The van der Waals surface area contributed by atoms with Crippen molar-refractivity contribution in [3.8, 4) is 22.8 Å². The monoisotopic (exact) mass is 455 g/mol. The number of thiazole rings is 1. The predicted octanol–water partition coefficient (Wildman–Crippen LogP) is 4.53. The summed E-state index contributed by atoms with van der Waals surface area (Å²) < 4.78 is 6.35. The Kier molecular flexibility index (Phi) is 5.17. The van der Waals surface area contributed by atoms with Gasteiger partial charge in [0.2, 0.25) is 0 Å². The van der Waals surface area contributed by atoms with Gasteiger partial charge < -0.3 is 20.4 Å². The Morgan fingerprint density at radius 3 is 2.97 bits per heavy atom. The van der Waals surface area contributed by atoms with Crippen LogP contribution in [0.25, 0.3) is 22.3 Å². The van der Waals surface area contributed by atoms with Gasteiger partial charge in [0.25, 0.3) is 0 Å². The van der Waals surface area contributed by atoms with Crippen molar-refractivity contribution >= 4 is 28.2 Å². The number of fused-ring (bicyclic) bond motifs is 2. The maximum absolute atomic E-state index is 6.35. The van der Waals surface area contributed by atoms with Crippen molar-refractivity contribution < 1.29 is 4.74 Å². The quantitative estimate of drug-likeness (QED) is 0.346. The van der Waals surface area contributed by atoms with E-state index in [1.165, 1.54) is 11.1 Å². The van der Waals surface area contributed by atoms with Crippen molar-refractivity contribution in [3.63, 3.8) is 0 Å². The third-order valence-electron chi connectivity index (χ3n) is 5.67. The number of nitrogens with zero attached hydrogens (tertiary/aromatic N) is 4. The number of anilines is 1. The molecule has 4 aromatic heterocycles. The minimum absolute atomic E-state index is 0.616. The molecular formula is C24H21N7OS. The van der Waals surface area contributed by atoms with E-state index in [0.717, 1.165) is 64.1 Å². The van der Waals surface area contributed by atoms with E-state index < -0.39 is 0 Å². The summed E-state index contributed by atoms with van der Waals surface area (Å²) in [4.78, 5) is 20.9. The molecule has 1 aliphatic heterocycles. The lowest BCUT2D eigenvalue weighted by Crippen LogP contribution is -2.23. The lowest BCUT2D eigenvalue weighted by atomic mass is 10.0. The van der Waals surface area contributed by atoms with Gasteiger partial charge in [0, 0.05) is 42.1 Å². The summed E-state index contributed by atoms with van der Waals surface area (Å²) in [6.07, 6.45) is 8.06. The van der Waals surface area contributed by atoms with Crippen LogP contribution in [0.15, 0.2) is 60.6 Å². The molecule has 6 rings (SSSR count). The van der Waals surface area contributed by atoms with Gasteiger partial charge in [-0.15, -0.1) is 11.3 Å². The number of pyridine rings is 1. The lowest BCUT2D eigenvalue weighted by Gasteiger charge is -2.18. The molecule has 164 valence electrons. The van der Waals surface area contributed by atoms with Gasteiger partial charge in [-0.25, -0.2) is 19.9 Å². The summed E-state index contributed by atoms with van der Waals surface area (Å²) in [6.45, 7) is 2.50. The number of nitrogens with one attached hydrogen (secondary N) is 3. The molecule has 0 atom stereocenters. The Bertz CT molecular complexity index is 1410. The van der Waals surface area contributed by atoms with Crippen LogP contribution in [-0.2, 0) is 19.5 Å². The molecule has 5 heterocycles. The molecule has 5 aromatic rings. The van der Waals surface area contributed by atoms with Gasteiger partial charge in [-0.1, -0.05) is 6.07 Å². The highest BCUT2D eigenvalue weighted by molar-refractivity contribution is 7.09. The molecule has 0 unspecified atom stereocenters. The predicted molar refractivity (Wildman–Crippen MR) is 128 cm³/mol. The Morgan fingerprint density at radius 2 is 2.03 bits per heavy atom. The molecule has 33 heavy (non-hydrogen) atoms. The average molecular weight is 456 g/mol. The molecule has 3 N–H and O–H groups in total. The fourth-order valence-electron chi connectivity index (χ4n) is 4.07. The summed E-state index contributed by atoms with van der Waals surface area (Å²) in [7, 11) is 0. The zero-order chi connectivity index (χ0) is 22.0. The van der Waals surface area contributed by atoms with Crippen molar-refractivity contribution in [2.45, 2.75) is 19.5 Å². The number of hydrogen-bond donors (Lipinski definition) is 3. The molecule has 0 spiro atoms. The maximum atomic E-state index is 6.35. The van der Waals surface area contributed by atoms with Crippen LogP contribution in [-0.4, -0.2) is 31.5 Å². The first-order chi connectivity index (χ1) is 16.3. The average Bonchev–Trinajstić information content (AvgIpc) is 3.54. The molecule has 0 bridgehead atoms. The van der Waals surface area contributed by atoms with Gasteiger partial charge in [0.1, 0.15) is 34.3 Å². The first-order valence-electron chi connectivity index (χ1n) is 10.7. The minimum Gasteiger partial charge on any atom is -0.457 e. The van der Waals surface area contributed by atoms with E-state index in [1.54, 1.807) is 30.1 Å². The van der Waals surface area contributed by atoms with E-state index in [0.29, 0.717) is 6.54 Å². The number of benzene rings is 1. The van der Waals surface area contributed by atoms with E-state index in [1.807, 2.05) is 29.8 Å². The lowest BCUT2D eigenvalue weighted by molar-refractivity contribution is 0.485. The summed E-state index contributed by atoms with van der Waals surface area (Å²) in [5.74, 6) is 2.28. The van der Waals surface area contributed by atoms with Gasteiger partial charge in [0.05, 0.1) is 17.6 Å². The van der Waals surface area contributed by atoms with Crippen LogP contribution >= 0.6 is 11.3 Å². The van der Waals surface area contributed by atoms with Crippen LogP contribution in [0.5, 0.6) is 11.5 Å². The van der Waals surface area contributed by atoms with Crippen LogP contribution in [0, 0.1) is 0 Å². The second kappa shape index (κ2) is 8.61. The molecule has 1 aliphatic rings. The summed E-state index contributed by atoms with van der Waals surface area (Å²) >= 11 is 1.61. The first kappa shape index (κ1) is 19.8. The van der Waals surface area contributed by atoms with E-state index in [2.05, 4.69) is 47.7 Å². The van der Waals surface area contributed by atoms with Crippen molar-refractivity contribution in [2.75, 3.05) is 11.9 Å². The third-order valence-corrected chi connectivity index (χ3v) is 6.45. The molecule has 0 aliphatic carbocycles. The molecule has 0 saturated carbocycles. The Labute approximate surface area is 194 Å². The molecule has 0 saturated heterocycles. The second-order valence-corrected chi connectivity index (χ2v) is 8.74. The number of rotatable bonds is 6. The van der Waals surface area contributed by atoms with E-state index in [4.69, 9.17) is 4.74 Å². The van der Waals surface area contributed by atoms with Crippen molar-refractivity contribution in [1.29, 1.82) is 0 Å². The Hall–Kier alpha value is -3.82. The SMILES string of the molecule is c1nc(NCc2nccs2)cc(-c2c[nH]c3nccc(Oc4ccc5c(c4)CNCC5)c23)n1. The number of H-pyrrole nitrogens is 1. The number of aromatic nitrogens is 5. The molecule has 0 amide bonds. The highest BCUT2D eigenvalue weighted by Gasteiger charge is 2.16. The van der Waals surface area contributed by atoms with Gasteiger partial charge in [-0.2, -0.15) is 0 Å². The molecule has 9 heteroatoms. The molecular weight excluding hydrogens is 434 g/mol. The normalized spacial score (nSPS) is 13.1. The van der Waals surface area contributed by atoms with Gasteiger partial charge in [-0.3, -0.25) is 0 Å². The number of hydrogen-bond acceptors (Lipinski definition) is 8. The molecule has 8 nitrogen and oxygen atoms in total. The van der Waals surface area contributed by atoms with Crippen molar-refractivity contribution in [1.82, 2.24) is 30.2 Å². The van der Waals surface area contributed by atoms with Gasteiger partial charge >= 0.3 is 0 Å². The van der Waals surface area contributed by atoms with Crippen LogP contribution < -0.4 is 15.4 Å². The van der Waals surface area contributed by atoms with E-state index in [-0.39, 0.29) is 0 Å². The van der Waals surface area contributed by atoms with Gasteiger partial charge in [-0.05, 0) is 42.3 Å². The van der Waals surface area contributed by atoms with E-state index in [9.17, 15) is 0 Å². The number of aromatic amines is 1. The second-order valence-electron chi connectivity index (χ2n) is 7.76. The molecule has 1 aromatic carbocycles. The number of ether oxygens (including phenoxy) is 1. The van der Waals surface area contributed by atoms with Crippen LogP contribution in [0.4, 0.5) is 5.82 Å². The van der Waals surface area contributed by atoms with Crippen molar-refractivity contribution in [3.05, 3.63) is 76.8 Å². The summed E-state index contributed by atoms with van der Waals surface area (Å²) in [6, 6.07) is 10.1. The topological polar surface area (TPSA) is 101 Å². The summed E-state index contributed by atoms with van der Waals surface area (Å²) in [5, 5.41) is 10.6. The largest absolute Gasteiger partial charge is 0.457 e. The Morgan fingerprint density at radius 1 is 1.03 bits per heavy atom. The molecule has 0 radical (unpaired) electrons. The van der Waals surface area contributed by atoms with Crippen LogP contribution in [0.3, 0.4) is 0 Å². The van der Waals surface area contributed by atoms with Crippen LogP contribution in [0.1, 0.15) is 16.1 Å². The fourth-order valence-corrected chi connectivity index (χ4v) is 4.62. The fraction of sp³-hybridized carbons (Fsp3) is 0.167. The van der Waals surface area contributed by atoms with Gasteiger partial charge in [0.15, 0.2) is 0 Å². The highest BCUT2D eigenvalue weighted by atomic mass is 32.1. The Balaban J connectivity index is 1.32. The highest BCUT2D eigenvalue weighted by Crippen LogP contribution is 2.36. The molecule has 0 fully saturated rings. The van der Waals surface area contributed by atoms with E-state index >= 15 is 0 Å². The van der Waals surface area contributed by atoms with Crippen molar-refractivity contribution in [2.24, 2.45) is 0 Å². The zero-order valence-corrected chi connectivity index (χ0v) is 18.5. The third kappa shape index (κ3) is 4.04. The maximum Gasteiger partial charge on any atom is 0.141 e. The summed E-state index contributed by atoms with van der Waals surface area (Å²) in [5.41, 5.74) is 5.10. The minimum atomic E-state index is 0.616.